The van der Waals surface area contributed by atoms with Crippen LogP contribution in [0.25, 0.3) is 0 Å². The van der Waals surface area contributed by atoms with Crippen LogP contribution in [0.5, 0.6) is 0 Å². The summed E-state index contributed by atoms with van der Waals surface area (Å²) < 4.78 is 1.81. The fourth-order valence-corrected chi connectivity index (χ4v) is 1.79. The summed E-state index contributed by atoms with van der Waals surface area (Å²) in [5.41, 5.74) is 5.78. The highest BCUT2D eigenvalue weighted by Crippen LogP contribution is 2.17. The second kappa shape index (κ2) is 4.52. The van der Waals surface area contributed by atoms with Gasteiger partial charge in [0.15, 0.2) is 0 Å². The van der Waals surface area contributed by atoms with Crippen LogP contribution in [0.1, 0.15) is 13.3 Å². The zero-order chi connectivity index (χ0) is 8.97. The van der Waals surface area contributed by atoms with E-state index in [1.54, 1.807) is 16.4 Å². The number of nitrogens with two attached hydrogens (primary N) is 1. The van der Waals surface area contributed by atoms with Crippen LogP contribution in [-0.2, 0) is 7.05 Å². The van der Waals surface area contributed by atoms with E-state index in [-0.39, 0.29) is 0 Å². The Bertz CT molecular complexity index is 234. The van der Waals surface area contributed by atoms with Gasteiger partial charge in [-0.15, -0.1) is 11.8 Å². The highest BCUT2D eigenvalue weighted by molar-refractivity contribution is 7.99. The molecule has 0 aliphatic rings. The number of hydrogen-bond acceptors (Lipinski definition) is 3. The van der Waals surface area contributed by atoms with Crippen molar-refractivity contribution in [3.8, 4) is 0 Å². The first kappa shape index (κ1) is 9.61. The molecule has 1 unspecified atom stereocenters. The summed E-state index contributed by atoms with van der Waals surface area (Å²) in [6.45, 7) is 2.11. The van der Waals surface area contributed by atoms with Crippen molar-refractivity contribution in [3.05, 3.63) is 12.4 Å². The number of aryl methyl sites for hydroxylation is 1. The third kappa shape index (κ3) is 2.87. The minimum atomic E-state index is 0.301. The van der Waals surface area contributed by atoms with Crippen molar-refractivity contribution in [2.75, 3.05) is 5.75 Å². The van der Waals surface area contributed by atoms with Gasteiger partial charge in [-0.2, -0.15) is 5.10 Å². The molecule has 0 bridgehead atoms. The molecule has 1 heterocycles. The van der Waals surface area contributed by atoms with Gasteiger partial charge >= 0.3 is 0 Å². The van der Waals surface area contributed by atoms with Gasteiger partial charge in [-0.1, -0.05) is 6.92 Å². The third-order valence-electron chi connectivity index (χ3n) is 1.67. The summed E-state index contributed by atoms with van der Waals surface area (Å²) in [6, 6.07) is 0.301. The molecule has 0 saturated heterocycles. The number of rotatable bonds is 4. The van der Waals surface area contributed by atoms with Crippen LogP contribution >= 0.6 is 11.8 Å². The summed E-state index contributed by atoms with van der Waals surface area (Å²) in [6.07, 6.45) is 4.91. The van der Waals surface area contributed by atoms with Crippen LogP contribution in [0, 0.1) is 0 Å². The molecule has 0 aliphatic carbocycles. The SMILES string of the molecule is CCC(N)CSc1cnn(C)c1. The van der Waals surface area contributed by atoms with Gasteiger partial charge < -0.3 is 5.73 Å². The van der Waals surface area contributed by atoms with Gasteiger partial charge in [-0.25, -0.2) is 0 Å². The average molecular weight is 185 g/mol. The van der Waals surface area contributed by atoms with E-state index in [0.717, 1.165) is 12.2 Å². The Morgan fingerprint density at radius 3 is 3.00 bits per heavy atom. The van der Waals surface area contributed by atoms with E-state index < -0.39 is 0 Å². The minimum absolute atomic E-state index is 0.301. The number of aromatic nitrogens is 2. The first-order valence-electron chi connectivity index (χ1n) is 4.09. The van der Waals surface area contributed by atoms with E-state index in [1.165, 1.54) is 4.90 Å². The second-order valence-electron chi connectivity index (χ2n) is 2.83. The molecule has 0 aliphatic heterocycles. The number of hydrogen-bond donors (Lipinski definition) is 1. The molecule has 0 radical (unpaired) electrons. The molecule has 0 saturated carbocycles. The Hall–Kier alpha value is -0.480. The average Bonchev–Trinajstić information content (AvgIpc) is 2.47. The van der Waals surface area contributed by atoms with Crippen LogP contribution in [0.2, 0.25) is 0 Å². The summed E-state index contributed by atoms with van der Waals surface area (Å²) >= 11 is 1.77. The van der Waals surface area contributed by atoms with Gasteiger partial charge in [0.2, 0.25) is 0 Å². The van der Waals surface area contributed by atoms with Crippen molar-refractivity contribution in [3.63, 3.8) is 0 Å². The normalized spacial score (nSPS) is 13.2. The van der Waals surface area contributed by atoms with Crippen molar-refractivity contribution in [2.45, 2.75) is 24.3 Å². The molecule has 1 rings (SSSR count). The van der Waals surface area contributed by atoms with E-state index in [4.69, 9.17) is 5.73 Å². The van der Waals surface area contributed by atoms with Crippen LogP contribution in [-0.4, -0.2) is 21.6 Å². The molecule has 0 fully saturated rings. The van der Waals surface area contributed by atoms with Gasteiger partial charge in [0, 0.05) is 29.9 Å². The van der Waals surface area contributed by atoms with Crippen molar-refractivity contribution in [1.82, 2.24) is 9.78 Å². The van der Waals surface area contributed by atoms with Gasteiger partial charge in [0.1, 0.15) is 0 Å². The maximum absolute atomic E-state index is 5.78. The standard InChI is InChI=1S/C8H15N3S/c1-3-7(9)6-12-8-4-10-11(2)5-8/h4-5,7H,3,6,9H2,1-2H3. The maximum Gasteiger partial charge on any atom is 0.0625 e. The summed E-state index contributed by atoms with van der Waals surface area (Å²) in [5, 5.41) is 4.08. The second-order valence-corrected chi connectivity index (χ2v) is 3.92. The molecule has 12 heavy (non-hydrogen) atoms. The van der Waals surface area contributed by atoms with Crippen molar-refractivity contribution >= 4 is 11.8 Å². The first-order chi connectivity index (χ1) is 5.72. The molecule has 4 heteroatoms. The zero-order valence-corrected chi connectivity index (χ0v) is 8.34. The van der Waals surface area contributed by atoms with Gasteiger partial charge in [0.05, 0.1) is 6.20 Å². The monoisotopic (exact) mass is 185 g/mol. The van der Waals surface area contributed by atoms with Crippen LogP contribution in [0.15, 0.2) is 17.3 Å². The fourth-order valence-electron chi connectivity index (χ4n) is 0.794. The van der Waals surface area contributed by atoms with Crippen molar-refractivity contribution in [2.24, 2.45) is 12.8 Å². The quantitative estimate of drug-likeness (QED) is 0.718. The fraction of sp³-hybridized carbons (Fsp3) is 0.625. The Labute approximate surface area is 77.3 Å². The van der Waals surface area contributed by atoms with E-state index in [2.05, 4.69) is 12.0 Å². The first-order valence-corrected chi connectivity index (χ1v) is 5.08. The number of nitrogens with zero attached hydrogens (tertiary/aromatic N) is 2. The topological polar surface area (TPSA) is 43.8 Å². The molecule has 68 valence electrons. The van der Waals surface area contributed by atoms with Crippen molar-refractivity contribution in [1.29, 1.82) is 0 Å². The van der Waals surface area contributed by atoms with E-state index in [9.17, 15) is 0 Å². The van der Waals surface area contributed by atoms with E-state index >= 15 is 0 Å². The highest BCUT2D eigenvalue weighted by Gasteiger charge is 2.01. The summed E-state index contributed by atoms with van der Waals surface area (Å²) in [7, 11) is 1.92. The third-order valence-corrected chi connectivity index (χ3v) is 2.81. The lowest BCUT2D eigenvalue weighted by Crippen LogP contribution is -2.21. The molecule has 1 atom stereocenters. The molecule has 2 N–H and O–H groups in total. The largest absolute Gasteiger partial charge is 0.327 e. The van der Waals surface area contributed by atoms with Crippen LogP contribution < -0.4 is 5.73 Å². The van der Waals surface area contributed by atoms with Gasteiger partial charge in [-0.05, 0) is 6.42 Å². The van der Waals surface area contributed by atoms with Gasteiger partial charge in [-0.3, -0.25) is 4.68 Å². The Kier molecular flexibility index (Phi) is 3.62. The molecule has 0 aromatic carbocycles. The lowest BCUT2D eigenvalue weighted by atomic mass is 10.3. The summed E-state index contributed by atoms with van der Waals surface area (Å²) in [4.78, 5) is 1.20. The Morgan fingerprint density at radius 2 is 2.50 bits per heavy atom. The predicted molar refractivity (Wildman–Crippen MR) is 52.2 cm³/mol. The maximum atomic E-state index is 5.78. The van der Waals surface area contributed by atoms with E-state index in [1.807, 2.05) is 19.4 Å². The molecule has 3 nitrogen and oxygen atoms in total. The summed E-state index contributed by atoms with van der Waals surface area (Å²) in [5.74, 6) is 0.974. The van der Waals surface area contributed by atoms with E-state index in [0.29, 0.717) is 6.04 Å². The minimum Gasteiger partial charge on any atom is -0.327 e. The lowest BCUT2D eigenvalue weighted by molar-refractivity contribution is 0.725. The highest BCUT2D eigenvalue weighted by atomic mass is 32.2. The number of thioether (sulfide) groups is 1. The Balaban J connectivity index is 2.33. The Morgan fingerprint density at radius 1 is 1.75 bits per heavy atom. The predicted octanol–water partition coefficient (Wildman–Crippen LogP) is 1.25. The smallest absolute Gasteiger partial charge is 0.0625 e. The molecular formula is C8H15N3S. The molecular weight excluding hydrogens is 170 g/mol. The molecule has 1 aromatic rings. The molecule has 0 amide bonds. The van der Waals surface area contributed by atoms with Gasteiger partial charge in [0.25, 0.3) is 0 Å². The van der Waals surface area contributed by atoms with Crippen LogP contribution in [0.3, 0.4) is 0 Å². The van der Waals surface area contributed by atoms with Crippen molar-refractivity contribution < 1.29 is 0 Å². The zero-order valence-electron chi connectivity index (χ0n) is 7.53. The lowest BCUT2D eigenvalue weighted by Gasteiger charge is -2.05. The van der Waals surface area contributed by atoms with Crippen LogP contribution in [0.4, 0.5) is 0 Å². The molecule has 0 spiro atoms. The molecule has 1 aromatic heterocycles.